The second-order valence-corrected chi connectivity index (χ2v) is 4.93. The molecule has 7 heteroatoms. The molecule has 2 aromatic rings. The minimum atomic E-state index is -4.28. The molecule has 1 heterocycles. The van der Waals surface area contributed by atoms with Gasteiger partial charge in [-0.25, -0.2) is 0 Å². The number of hydrogen-bond acceptors (Lipinski definition) is 1. The van der Waals surface area contributed by atoms with Crippen molar-refractivity contribution >= 4 is 0 Å². The summed E-state index contributed by atoms with van der Waals surface area (Å²) in [5, 5.41) is 0. The lowest BCUT2D eigenvalue weighted by Gasteiger charge is -2.09. The monoisotopic (exact) mass is 409 g/mol. The first-order valence-corrected chi connectivity index (χ1v) is 9.25. The predicted molar refractivity (Wildman–Crippen MR) is 102 cm³/mol. The van der Waals surface area contributed by atoms with E-state index in [2.05, 4.69) is 4.98 Å². The number of halogens is 6. The average Bonchev–Trinajstić information content (AvgIpc) is 2.70. The van der Waals surface area contributed by atoms with Crippen LogP contribution in [0, 0.1) is 0 Å². The Morgan fingerprint density at radius 1 is 0.714 bits per heavy atom. The van der Waals surface area contributed by atoms with Crippen molar-refractivity contribution in [2.45, 2.75) is 66.7 Å². The lowest BCUT2D eigenvalue weighted by atomic mass is 10.1. The first-order valence-electron chi connectivity index (χ1n) is 9.25. The fourth-order valence-corrected chi connectivity index (χ4v) is 1.92. The molecule has 0 bridgehead atoms. The van der Waals surface area contributed by atoms with Gasteiger partial charge in [0, 0.05) is 12.4 Å². The van der Waals surface area contributed by atoms with Gasteiger partial charge in [0.1, 0.15) is 0 Å². The largest absolute Gasteiger partial charge is 0.418 e. The Hall–Kier alpha value is -2.05. The molecular formula is C21H29F6N. The van der Waals surface area contributed by atoms with Crippen LogP contribution in [0.3, 0.4) is 0 Å². The Balaban J connectivity index is 0. The summed E-state index contributed by atoms with van der Waals surface area (Å²) in [6, 6.07) is 6.62. The van der Waals surface area contributed by atoms with Gasteiger partial charge in [-0.1, -0.05) is 53.7 Å². The maximum Gasteiger partial charge on any atom is 0.418 e. The van der Waals surface area contributed by atoms with Gasteiger partial charge in [0.05, 0.1) is 11.1 Å². The lowest BCUT2D eigenvalue weighted by molar-refractivity contribution is -0.138. The number of aromatic nitrogens is 1. The van der Waals surface area contributed by atoms with Crippen molar-refractivity contribution in [3.63, 3.8) is 0 Å². The number of hydrogen-bond donors (Lipinski definition) is 0. The molecule has 0 aliphatic heterocycles. The van der Waals surface area contributed by atoms with Crippen LogP contribution in [0.2, 0.25) is 0 Å². The predicted octanol–water partition coefficient (Wildman–Crippen LogP) is 7.98. The Morgan fingerprint density at radius 2 is 1.21 bits per heavy atom. The van der Waals surface area contributed by atoms with E-state index in [1.165, 1.54) is 24.4 Å². The molecule has 1 aromatic carbocycles. The summed E-state index contributed by atoms with van der Waals surface area (Å²) >= 11 is 0. The zero-order valence-electron chi connectivity index (χ0n) is 17.2. The van der Waals surface area contributed by atoms with E-state index >= 15 is 0 Å². The molecule has 160 valence electrons. The first-order chi connectivity index (χ1) is 13.1. The number of rotatable bonds is 2. The molecule has 0 unspecified atom stereocenters. The van der Waals surface area contributed by atoms with Crippen molar-refractivity contribution in [3.05, 3.63) is 65.0 Å². The molecule has 28 heavy (non-hydrogen) atoms. The van der Waals surface area contributed by atoms with Crippen LogP contribution in [0.15, 0.2) is 42.7 Å². The smallest absolute Gasteiger partial charge is 0.264 e. The molecule has 0 aliphatic rings. The van der Waals surface area contributed by atoms with Crippen LogP contribution in [0.1, 0.15) is 63.8 Å². The second kappa shape index (κ2) is 14.0. The van der Waals surface area contributed by atoms with Crippen molar-refractivity contribution in [3.8, 4) is 0 Å². The third-order valence-corrected chi connectivity index (χ3v) is 3.29. The van der Waals surface area contributed by atoms with Crippen LogP contribution in [0.4, 0.5) is 26.3 Å². The Bertz CT molecular complexity index is 631. The highest BCUT2D eigenvalue weighted by Crippen LogP contribution is 2.31. The van der Waals surface area contributed by atoms with Crippen LogP contribution in [0.5, 0.6) is 0 Å². The van der Waals surface area contributed by atoms with E-state index in [1.54, 1.807) is 6.92 Å². The van der Waals surface area contributed by atoms with Gasteiger partial charge < -0.3 is 0 Å². The van der Waals surface area contributed by atoms with E-state index in [0.717, 1.165) is 30.3 Å². The van der Waals surface area contributed by atoms with E-state index in [9.17, 15) is 26.3 Å². The third-order valence-electron chi connectivity index (χ3n) is 3.29. The summed E-state index contributed by atoms with van der Waals surface area (Å²) in [4.78, 5) is 3.44. The van der Waals surface area contributed by atoms with Gasteiger partial charge in [-0.3, -0.25) is 4.98 Å². The quantitative estimate of drug-likeness (QED) is 0.458. The Kier molecular flexibility index (Phi) is 14.1. The maximum absolute atomic E-state index is 12.2. The highest BCUT2D eigenvalue weighted by Gasteiger charge is 2.32. The first kappa shape index (κ1) is 28.2. The molecule has 0 fully saturated rings. The fraction of sp³-hybridized carbons (Fsp3) is 0.476. The van der Waals surface area contributed by atoms with Crippen LogP contribution in [-0.4, -0.2) is 4.98 Å². The third kappa shape index (κ3) is 10.3. The Labute approximate surface area is 163 Å². The van der Waals surface area contributed by atoms with Crippen molar-refractivity contribution in [1.82, 2.24) is 4.98 Å². The molecule has 0 radical (unpaired) electrons. The van der Waals surface area contributed by atoms with E-state index in [-0.39, 0.29) is 5.56 Å². The van der Waals surface area contributed by atoms with Crippen molar-refractivity contribution in [2.75, 3.05) is 0 Å². The molecule has 0 saturated heterocycles. The van der Waals surface area contributed by atoms with Crippen molar-refractivity contribution < 1.29 is 26.3 Å². The minimum absolute atomic E-state index is 0.289. The van der Waals surface area contributed by atoms with Crippen molar-refractivity contribution in [2.24, 2.45) is 0 Å². The van der Waals surface area contributed by atoms with Crippen molar-refractivity contribution in [1.29, 1.82) is 0 Å². The SMILES string of the molecule is CC.CC.CCc1ccc(C(F)(F)F)cc1.CCc1ccncc1C(F)(F)F. The number of benzene rings is 1. The molecule has 2 rings (SSSR count). The molecule has 0 amide bonds. The van der Waals surface area contributed by atoms with Gasteiger partial charge in [0.15, 0.2) is 0 Å². The maximum atomic E-state index is 12.2. The zero-order chi connectivity index (χ0) is 22.4. The zero-order valence-corrected chi connectivity index (χ0v) is 17.2. The minimum Gasteiger partial charge on any atom is -0.264 e. The summed E-state index contributed by atoms with van der Waals surface area (Å²) in [5.41, 5.74) is -0.00676. The molecule has 0 N–H and O–H groups in total. The average molecular weight is 409 g/mol. The molecule has 0 aliphatic carbocycles. The highest BCUT2D eigenvalue weighted by atomic mass is 19.4. The van der Waals surface area contributed by atoms with Crippen LogP contribution in [0.25, 0.3) is 0 Å². The number of aryl methyl sites for hydroxylation is 2. The molecule has 1 nitrogen and oxygen atoms in total. The van der Waals surface area contributed by atoms with Crippen LogP contribution in [-0.2, 0) is 25.2 Å². The fourth-order valence-electron chi connectivity index (χ4n) is 1.92. The molecule has 0 spiro atoms. The van der Waals surface area contributed by atoms with Gasteiger partial charge in [-0.15, -0.1) is 0 Å². The van der Waals surface area contributed by atoms with Gasteiger partial charge in [0.25, 0.3) is 0 Å². The second-order valence-electron chi connectivity index (χ2n) is 4.93. The van der Waals surface area contributed by atoms with E-state index < -0.39 is 23.5 Å². The summed E-state index contributed by atoms with van der Waals surface area (Å²) in [6.07, 6.45) is -5.13. The summed E-state index contributed by atoms with van der Waals surface area (Å²) in [6.45, 7) is 11.6. The van der Waals surface area contributed by atoms with E-state index in [0.29, 0.717) is 6.42 Å². The lowest BCUT2D eigenvalue weighted by Crippen LogP contribution is -2.08. The number of nitrogens with zero attached hydrogens (tertiary/aromatic N) is 1. The normalized spacial score (nSPS) is 10.4. The summed E-state index contributed by atoms with van der Waals surface area (Å²) < 4.78 is 72.7. The Morgan fingerprint density at radius 3 is 1.54 bits per heavy atom. The topological polar surface area (TPSA) is 12.9 Å². The van der Waals surface area contributed by atoms with E-state index in [1.807, 2.05) is 34.6 Å². The van der Waals surface area contributed by atoms with E-state index in [4.69, 9.17) is 0 Å². The number of pyridine rings is 1. The van der Waals surface area contributed by atoms with Gasteiger partial charge in [0.2, 0.25) is 0 Å². The molecule has 1 aromatic heterocycles. The highest BCUT2D eigenvalue weighted by molar-refractivity contribution is 5.26. The van der Waals surface area contributed by atoms with Crippen LogP contribution >= 0.6 is 0 Å². The number of alkyl halides is 6. The molecule has 0 atom stereocenters. The summed E-state index contributed by atoms with van der Waals surface area (Å²) in [5.74, 6) is 0. The van der Waals surface area contributed by atoms with Crippen LogP contribution < -0.4 is 0 Å². The van der Waals surface area contributed by atoms with Gasteiger partial charge in [-0.2, -0.15) is 26.3 Å². The molecular weight excluding hydrogens is 380 g/mol. The molecule has 0 saturated carbocycles. The standard InChI is InChI=1S/C9H9F3.C8H8F3N.2C2H6/c1-2-7-3-5-8(6-4-7)9(10,11)12;1-2-6-3-4-12-5-7(6)8(9,10)11;2*1-2/h3-6H,2H2,1H3;3-5H,2H2,1H3;2*1-2H3. The van der Waals surface area contributed by atoms with Gasteiger partial charge >= 0.3 is 12.4 Å². The summed E-state index contributed by atoms with van der Waals surface area (Å²) in [7, 11) is 0. The van der Waals surface area contributed by atoms with Gasteiger partial charge in [-0.05, 0) is 42.2 Å².